The molecule has 4 heteroatoms. The lowest BCUT2D eigenvalue weighted by Crippen LogP contribution is -1.97. The van der Waals surface area contributed by atoms with Crippen LogP contribution in [-0.2, 0) is 0 Å². The first-order chi connectivity index (χ1) is 21.3. The maximum Gasteiger partial charge on any atom is 0.161 e. The van der Waals surface area contributed by atoms with E-state index in [1.54, 1.807) is 0 Å². The summed E-state index contributed by atoms with van der Waals surface area (Å²) in [6, 6.07) is 49.6. The van der Waals surface area contributed by atoms with Gasteiger partial charge in [-0.25, -0.2) is 9.97 Å². The smallest absolute Gasteiger partial charge is 0.161 e. The second-order valence-electron chi connectivity index (χ2n) is 10.5. The van der Waals surface area contributed by atoms with E-state index < -0.39 is 0 Å². The average Bonchev–Trinajstić information content (AvgIpc) is 3.47. The van der Waals surface area contributed by atoms with Gasteiger partial charge in [0.1, 0.15) is 11.2 Å². The minimum Gasteiger partial charge on any atom is -0.456 e. The average molecular weight is 552 g/mol. The van der Waals surface area contributed by atoms with Gasteiger partial charge in [0.15, 0.2) is 5.82 Å². The van der Waals surface area contributed by atoms with Gasteiger partial charge >= 0.3 is 0 Å². The first-order valence-corrected chi connectivity index (χ1v) is 14.3. The Kier molecular flexibility index (Phi) is 6.08. The van der Waals surface area contributed by atoms with Crippen LogP contribution in [0.25, 0.3) is 78.2 Å². The summed E-state index contributed by atoms with van der Waals surface area (Å²) in [7, 11) is 0. The number of rotatable bonds is 5. The molecule has 0 unspecified atom stereocenters. The monoisotopic (exact) mass is 551 g/mol. The molecule has 0 atom stereocenters. The largest absolute Gasteiger partial charge is 0.456 e. The molecular formula is C39H25N3O. The van der Waals surface area contributed by atoms with Gasteiger partial charge in [-0.05, 0) is 47.5 Å². The third-order valence-electron chi connectivity index (χ3n) is 7.80. The molecular weight excluding hydrogens is 526 g/mol. The summed E-state index contributed by atoms with van der Waals surface area (Å²) in [5.41, 5.74) is 10.7. The fraction of sp³-hybridized carbons (Fsp3) is 0. The molecule has 43 heavy (non-hydrogen) atoms. The van der Waals surface area contributed by atoms with Crippen LogP contribution in [0.15, 0.2) is 156 Å². The van der Waals surface area contributed by atoms with Gasteiger partial charge in [-0.1, -0.05) is 109 Å². The molecule has 0 aliphatic rings. The van der Waals surface area contributed by atoms with Crippen LogP contribution in [0.5, 0.6) is 0 Å². The number of furan rings is 1. The topological polar surface area (TPSA) is 51.8 Å². The van der Waals surface area contributed by atoms with Crippen LogP contribution in [0.2, 0.25) is 0 Å². The van der Waals surface area contributed by atoms with Crippen molar-refractivity contribution in [3.05, 3.63) is 152 Å². The summed E-state index contributed by atoms with van der Waals surface area (Å²) in [6.45, 7) is 0. The Morgan fingerprint density at radius 3 is 1.81 bits per heavy atom. The predicted molar refractivity (Wildman–Crippen MR) is 174 cm³/mol. The van der Waals surface area contributed by atoms with Crippen LogP contribution in [0, 0.1) is 0 Å². The quantitative estimate of drug-likeness (QED) is 0.214. The van der Waals surface area contributed by atoms with E-state index in [2.05, 4.69) is 83.8 Å². The zero-order valence-corrected chi connectivity index (χ0v) is 23.2. The van der Waals surface area contributed by atoms with Crippen LogP contribution in [0.3, 0.4) is 0 Å². The van der Waals surface area contributed by atoms with Crippen molar-refractivity contribution >= 4 is 21.9 Å². The number of para-hydroxylation sites is 1. The molecule has 8 rings (SSSR count). The number of hydrogen-bond acceptors (Lipinski definition) is 4. The van der Waals surface area contributed by atoms with Crippen LogP contribution in [0.4, 0.5) is 0 Å². The molecule has 0 saturated carbocycles. The van der Waals surface area contributed by atoms with Gasteiger partial charge in [-0.2, -0.15) is 0 Å². The van der Waals surface area contributed by atoms with Crippen molar-refractivity contribution in [2.75, 3.05) is 0 Å². The molecule has 202 valence electrons. The lowest BCUT2D eigenvalue weighted by Gasteiger charge is -2.12. The third-order valence-corrected chi connectivity index (χ3v) is 7.80. The summed E-state index contributed by atoms with van der Waals surface area (Å²) in [4.78, 5) is 14.8. The van der Waals surface area contributed by atoms with E-state index in [4.69, 9.17) is 14.4 Å². The number of aromatic nitrogens is 3. The lowest BCUT2D eigenvalue weighted by molar-refractivity contribution is 0.669. The van der Waals surface area contributed by atoms with Gasteiger partial charge < -0.3 is 4.42 Å². The number of benzene rings is 5. The van der Waals surface area contributed by atoms with Crippen LogP contribution < -0.4 is 0 Å². The second kappa shape index (κ2) is 10.5. The predicted octanol–water partition coefficient (Wildman–Crippen LogP) is 10.1. The number of hydrogen-bond donors (Lipinski definition) is 0. The summed E-state index contributed by atoms with van der Waals surface area (Å²) in [6.07, 6.45) is 1.81. The van der Waals surface area contributed by atoms with Crippen molar-refractivity contribution in [3.63, 3.8) is 0 Å². The van der Waals surface area contributed by atoms with Crippen LogP contribution in [-0.4, -0.2) is 15.0 Å². The maximum absolute atomic E-state index is 6.03. The Hall–Kier alpha value is -5.87. The first-order valence-electron chi connectivity index (χ1n) is 14.3. The number of fused-ring (bicyclic) bond motifs is 3. The molecule has 0 spiro atoms. The molecule has 0 saturated heterocycles. The Balaban J connectivity index is 1.23. The Labute approximate surface area is 249 Å². The van der Waals surface area contributed by atoms with Crippen LogP contribution >= 0.6 is 0 Å². The first kappa shape index (κ1) is 24.9. The van der Waals surface area contributed by atoms with E-state index in [-0.39, 0.29) is 0 Å². The molecule has 0 N–H and O–H groups in total. The minimum absolute atomic E-state index is 0.666. The summed E-state index contributed by atoms with van der Waals surface area (Å²) in [5, 5.41) is 2.25. The molecule has 5 aromatic carbocycles. The highest BCUT2D eigenvalue weighted by atomic mass is 16.3. The van der Waals surface area contributed by atoms with Crippen LogP contribution in [0.1, 0.15) is 0 Å². The van der Waals surface area contributed by atoms with E-state index >= 15 is 0 Å². The second-order valence-corrected chi connectivity index (χ2v) is 10.5. The molecule has 3 aromatic heterocycles. The molecule has 0 fully saturated rings. The van der Waals surface area contributed by atoms with Crippen molar-refractivity contribution in [2.45, 2.75) is 0 Å². The minimum atomic E-state index is 0.666. The van der Waals surface area contributed by atoms with Crippen molar-refractivity contribution < 1.29 is 4.42 Å². The highest BCUT2D eigenvalue weighted by Crippen LogP contribution is 2.35. The Morgan fingerprint density at radius 2 is 1.02 bits per heavy atom. The summed E-state index contributed by atoms with van der Waals surface area (Å²) < 4.78 is 6.03. The van der Waals surface area contributed by atoms with Gasteiger partial charge in [0, 0.05) is 39.2 Å². The SMILES string of the molecule is c1ccc(-c2cc(-c3ccc(-c4ccc5oc6ccccc6c5c4)cc3)nc(-c3ccccc3-c3ccccn3)n2)cc1. The van der Waals surface area contributed by atoms with E-state index in [0.29, 0.717) is 5.82 Å². The zero-order chi connectivity index (χ0) is 28.6. The number of pyridine rings is 1. The summed E-state index contributed by atoms with van der Waals surface area (Å²) in [5.74, 6) is 0.666. The van der Waals surface area contributed by atoms with Gasteiger partial charge in [-0.3, -0.25) is 4.98 Å². The molecule has 0 radical (unpaired) electrons. The van der Waals surface area contributed by atoms with Crippen molar-refractivity contribution in [3.8, 4) is 56.3 Å². The zero-order valence-electron chi connectivity index (χ0n) is 23.2. The van der Waals surface area contributed by atoms with Gasteiger partial charge in [0.25, 0.3) is 0 Å². The normalized spacial score (nSPS) is 11.3. The van der Waals surface area contributed by atoms with Gasteiger partial charge in [0.2, 0.25) is 0 Å². The van der Waals surface area contributed by atoms with Gasteiger partial charge in [0.05, 0.1) is 17.1 Å². The standard InChI is InChI=1S/C39H25N3O/c1-2-10-27(11-3-1)35-25-36(42-39(41-35)32-14-5-4-12-30(32)34-15-8-9-23-40-34)28-19-17-26(18-20-28)29-21-22-38-33(24-29)31-13-6-7-16-37(31)43-38/h1-25H. The Morgan fingerprint density at radius 1 is 0.395 bits per heavy atom. The van der Waals surface area contributed by atoms with E-state index in [9.17, 15) is 0 Å². The third kappa shape index (κ3) is 4.65. The summed E-state index contributed by atoms with van der Waals surface area (Å²) >= 11 is 0. The van der Waals surface area contributed by atoms with E-state index in [0.717, 1.165) is 72.4 Å². The highest BCUT2D eigenvalue weighted by molar-refractivity contribution is 6.06. The molecule has 4 nitrogen and oxygen atoms in total. The molecule has 0 aliphatic carbocycles. The highest BCUT2D eigenvalue weighted by Gasteiger charge is 2.15. The van der Waals surface area contributed by atoms with Crippen molar-refractivity contribution in [1.82, 2.24) is 15.0 Å². The molecule has 8 aromatic rings. The fourth-order valence-corrected chi connectivity index (χ4v) is 5.63. The number of nitrogens with zero attached hydrogens (tertiary/aromatic N) is 3. The van der Waals surface area contributed by atoms with Gasteiger partial charge in [-0.15, -0.1) is 0 Å². The fourth-order valence-electron chi connectivity index (χ4n) is 5.63. The maximum atomic E-state index is 6.03. The molecule has 0 amide bonds. The molecule has 3 heterocycles. The van der Waals surface area contributed by atoms with E-state index in [1.165, 1.54) is 0 Å². The van der Waals surface area contributed by atoms with E-state index in [1.807, 2.05) is 72.9 Å². The van der Waals surface area contributed by atoms with Crippen molar-refractivity contribution in [2.24, 2.45) is 0 Å². The van der Waals surface area contributed by atoms with Crippen molar-refractivity contribution in [1.29, 1.82) is 0 Å². The molecule has 0 aliphatic heterocycles. The molecule has 0 bridgehead atoms. The lowest BCUT2D eigenvalue weighted by atomic mass is 9.99. The Bertz CT molecular complexity index is 2220.